The van der Waals surface area contributed by atoms with E-state index in [1.54, 1.807) is 0 Å². The average Bonchev–Trinajstić information content (AvgIpc) is 3.44. The Morgan fingerprint density at radius 1 is 0.269 bits per heavy atom. The minimum absolute atomic E-state index is 0.0858. The van der Waals surface area contributed by atoms with Gasteiger partial charge in [0.2, 0.25) is 0 Å². The van der Waals surface area contributed by atoms with Crippen LogP contribution in [0.3, 0.4) is 0 Å². The van der Waals surface area contributed by atoms with E-state index >= 15 is 0 Å². The Bertz CT molecular complexity index is 1570. The summed E-state index contributed by atoms with van der Waals surface area (Å²) in [6.07, 6.45) is 89.4. The lowest BCUT2D eigenvalue weighted by Crippen LogP contribution is -2.30. The van der Waals surface area contributed by atoms with E-state index in [4.69, 9.17) is 14.2 Å². The number of esters is 3. The van der Waals surface area contributed by atoms with Gasteiger partial charge in [0, 0.05) is 19.3 Å². The van der Waals surface area contributed by atoms with Gasteiger partial charge in [0.05, 0.1) is 0 Å². The van der Waals surface area contributed by atoms with Crippen LogP contribution in [0.4, 0.5) is 0 Å². The lowest BCUT2D eigenvalue weighted by Gasteiger charge is -2.18. The molecule has 0 aliphatic rings. The number of allylic oxidation sites excluding steroid dienone is 18. The van der Waals surface area contributed by atoms with E-state index in [1.807, 2.05) is 0 Å². The minimum Gasteiger partial charge on any atom is -0.462 e. The van der Waals surface area contributed by atoms with Crippen molar-refractivity contribution in [2.75, 3.05) is 13.2 Å². The zero-order valence-electron chi connectivity index (χ0n) is 51.2. The zero-order chi connectivity index (χ0) is 56.4. The molecule has 0 amide bonds. The largest absolute Gasteiger partial charge is 0.462 e. The van der Waals surface area contributed by atoms with E-state index in [0.29, 0.717) is 19.3 Å². The van der Waals surface area contributed by atoms with Crippen LogP contribution < -0.4 is 0 Å². The molecule has 0 aromatic rings. The van der Waals surface area contributed by atoms with Crippen molar-refractivity contribution < 1.29 is 28.6 Å². The Morgan fingerprint density at radius 2 is 0.500 bits per heavy atom. The summed E-state index contributed by atoms with van der Waals surface area (Å²) in [5.41, 5.74) is 0. The molecule has 0 heterocycles. The van der Waals surface area contributed by atoms with Gasteiger partial charge in [-0.05, 0) is 109 Å². The Hall–Kier alpha value is -3.93. The van der Waals surface area contributed by atoms with Crippen LogP contribution in [0, 0.1) is 0 Å². The molecule has 1 unspecified atom stereocenters. The zero-order valence-corrected chi connectivity index (χ0v) is 51.2. The summed E-state index contributed by atoms with van der Waals surface area (Å²) in [4.78, 5) is 38.4. The summed E-state index contributed by atoms with van der Waals surface area (Å²) in [6, 6.07) is 0. The Labute approximate surface area is 482 Å². The lowest BCUT2D eigenvalue weighted by atomic mass is 10.0. The molecule has 0 fully saturated rings. The molecule has 0 rings (SSSR count). The molecule has 6 nitrogen and oxygen atoms in total. The summed E-state index contributed by atoms with van der Waals surface area (Å²) in [5, 5.41) is 0. The Morgan fingerprint density at radius 3 is 0.808 bits per heavy atom. The van der Waals surface area contributed by atoms with Crippen LogP contribution in [-0.2, 0) is 28.6 Å². The van der Waals surface area contributed by atoms with Crippen LogP contribution in [0.1, 0.15) is 310 Å². The first-order valence-corrected chi connectivity index (χ1v) is 32.9. The number of rotatable bonds is 59. The van der Waals surface area contributed by atoms with Gasteiger partial charge >= 0.3 is 17.9 Å². The van der Waals surface area contributed by atoms with E-state index in [9.17, 15) is 14.4 Å². The van der Waals surface area contributed by atoms with Crippen molar-refractivity contribution in [2.45, 2.75) is 316 Å². The van der Waals surface area contributed by atoms with E-state index < -0.39 is 6.10 Å². The van der Waals surface area contributed by atoms with Crippen LogP contribution in [0.5, 0.6) is 0 Å². The van der Waals surface area contributed by atoms with Gasteiger partial charge in [-0.3, -0.25) is 14.4 Å². The highest BCUT2D eigenvalue weighted by Crippen LogP contribution is 2.16. The van der Waals surface area contributed by atoms with Crippen LogP contribution in [0.15, 0.2) is 109 Å². The average molecular weight is 1080 g/mol. The third-order valence-electron chi connectivity index (χ3n) is 14.0. The van der Waals surface area contributed by atoms with Crippen LogP contribution >= 0.6 is 0 Å². The van der Waals surface area contributed by atoms with Gasteiger partial charge in [-0.25, -0.2) is 0 Å². The van der Waals surface area contributed by atoms with Crippen molar-refractivity contribution in [3.05, 3.63) is 109 Å². The van der Waals surface area contributed by atoms with Crippen molar-refractivity contribution in [1.29, 1.82) is 0 Å². The van der Waals surface area contributed by atoms with Crippen molar-refractivity contribution in [3.8, 4) is 0 Å². The molecule has 0 bridgehead atoms. The third kappa shape index (κ3) is 62.9. The summed E-state index contributed by atoms with van der Waals surface area (Å²) in [6.45, 7) is 6.51. The monoisotopic (exact) mass is 1080 g/mol. The highest BCUT2D eigenvalue weighted by atomic mass is 16.6. The van der Waals surface area contributed by atoms with Crippen molar-refractivity contribution >= 4 is 17.9 Å². The molecule has 0 saturated heterocycles. The molecule has 0 radical (unpaired) electrons. The molecule has 6 heteroatoms. The molecule has 446 valence electrons. The fourth-order valence-corrected chi connectivity index (χ4v) is 9.10. The van der Waals surface area contributed by atoms with Gasteiger partial charge in [-0.1, -0.05) is 291 Å². The highest BCUT2D eigenvalue weighted by Gasteiger charge is 2.19. The number of carbonyl (C=O) groups is 3. The van der Waals surface area contributed by atoms with Gasteiger partial charge in [0.15, 0.2) is 6.10 Å². The van der Waals surface area contributed by atoms with E-state index in [-0.39, 0.29) is 31.1 Å². The molecule has 0 aliphatic carbocycles. The molecule has 78 heavy (non-hydrogen) atoms. The highest BCUT2D eigenvalue weighted by molar-refractivity contribution is 5.71. The SMILES string of the molecule is CC/C=C\C/C=C\C/C=C\C/C=C\C/C=C\C/C=C\C/C=C\CCCCCCCC(=O)OCC(COC(=O)CCCCCCCCCCCCCCCCCC)OC(=O)CCCCCCCCC/C=C\C/C=C\CCCCC. The molecule has 0 aliphatic heterocycles. The lowest BCUT2D eigenvalue weighted by molar-refractivity contribution is -0.167. The molecule has 0 aromatic heterocycles. The number of unbranched alkanes of at least 4 members (excludes halogenated alkanes) is 30. The van der Waals surface area contributed by atoms with E-state index in [2.05, 4.69) is 130 Å². The normalized spacial score (nSPS) is 12.8. The fraction of sp³-hybridized carbons (Fsp3) is 0.708. The van der Waals surface area contributed by atoms with Crippen LogP contribution in [0.25, 0.3) is 0 Å². The summed E-state index contributed by atoms with van der Waals surface area (Å²) in [5.74, 6) is -0.903. The second-order valence-electron chi connectivity index (χ2n) is 21.6. The van der Waals surface area contributed by atoms with Gasteiger partial charge in [0.25, 0.3) is 0 Å². The number of hydrogen-bond donors (Lipinski definition) is 0. The molecular formula is C72H122O6. The number of ether oxygens (including phenoxy) is 3. The molecule has 0 aromatic carbocycles. The molecule has 0 saturated carbocycles. The quantitative estimate of drug-likeness (QED) is 0.0261. The van der Waals surface area contributed by atoms with E-state index in [0.717, 1.165) is 135 Å². The molecule has 0 N–H and O–H groups in total. The van der Waals surface area contributed by atoms with Crippen molar-refractivity contribution in [3.63, 3.8) is 0 Å². The summed E-state index contributed by atoms with van der Waals surface area (Å²) in [7, 11) is 0. The maximum atomic E-state index is 12.9. The van der Waals surface area contributed by atoms with Crippen LogP contribution in [0.2, 0.25) is 0 Å². The standard InChI is InChI=1S/C72H122O6/c1-4-7-10-13-16-19-22-25-28-31-32-33-34-35-36-37-38-39-40-42-44-47-50-53-56-59-62-65-71(74)77-68-69(67-76-70(73)64-61-58-55-52-49-46-43-30-27-24-21-18-15-12-9-6-3)78-72(75)66-63-60-57-54-51-48-45-41-29-26-23-20-17-14-11-8-5-2/h7,10,16-17,19-20,25-26,28-29,32-33,35-36,38-39,42,44,69H,4-6,8-9,11-15,18,21-24,27,30-31,34,37,40-41,43,45-68H2,1-3H3/b10-7-,19-16-,20-17-,28-25-,29-26-,33-32-,36-35-,39-38-,44-42-. The maximum absolute atomic E-state index is 12.9. The third-order valence-corrected chi connectivity index (χ3v) is 14.0. The Kier molecular flexibility index (Phi) is 62.3. The second kappa shape index (κ2) is 65.6. The summed E-state index contributed by atoms with van der Waals surface area (Å²) >= 11 is 0. The van der Waals surface area contributed by atoms with E-state index in [1.165, 1.54) is 135 Å². The van der Waals surface area contributed by atoms with Crippen molar-refractivity contribution in [1.82, 2.24) is 0 Å². The van der Waals surface area contributed by atoms with Crippen molar-refractivity contribution in [2.24, 2.45) is 0 Å². The maximum Gasteiger partial charge on any atom is 0.306 e. The first kappa shape index (κ1) is 74.1. The van der Waals surface area contributed by atoms with Gasteiger partial charge in [0.1, 0.15) is 13.2 Å². The predicted octanol–water partition coefficient (Wildman–Crippen LogP) is 22.6. The number of hydrogen-bond acceptors (Lipinski definition) is 6. The molecular weight excluding hydrogens is 961 g/mol. The minimum atomic E-state index is -0.792. The predicted molar refractivity (Wildman–Crippen MR) is 339 cm³/mol. The molecule has 0 spiro atoms. The first-order chi connectivity index (χ1) is 38.5. The fourth-order valence-electron chi connectivity index (χ4n) is 9.10. The van der Waals surface area contributed by atoms with Gasteiger partial charge in [-0.2, -0.15) is 0 Å². The topological polar surface area (TPSA) is 78.9 Å². The van der Waals surface area contributed by atoms with Crippen LogP contribution in [-0.4, -0.2) is 37.2 Å². The Balaban J connectivity index is 4.40. The van der Waals surface area contributed by atoms with Gasteiger partial charge in [-0.15, -0.1) is 0 Å². The smallest absolute Gasteiger partial charge is 0.306 e. The second-order valence-corrected chi connectivity index (χ2v) is 21.6. The number of carbonyl (C=O) groups excluding carboxylic acids is 3. The van der Waals surface area contributed by atoms with Gasteiger partial charge < -0.3 is 14.2 Å². The molecule has 1 atom stereocenters. The summed E-state index contributed by atoms with van der Waals surface area (Å²) < 4.78 is 16.9. The first-order valence-electron chi connectivity index (χ1n) is 32.9.